The van der Waals surface area contributed by atoms with Gasteiger partial charge in [0.15, 0.2) is 0 Å². The van der Waals surface area contributed by atoms with Gasteiger partial charge in [-0.25, -0.2) is 0 Å². The minimum atomic E-state index is -0.416. The molecule has 0 aliphatic carbocycles. The normalized spacial score (nSPS) is 10.7. The molecule has 3 aromatic rings. The Hall–Kier alpha value is -3.13. The fourth-order valence-electron chi connectivity index (χ4n) is 2.96. The summed E-state index contributed by atoms with van der Waals surface area (Å²) in [6.45, 7) is 5.99. The van der Waals surface area contributed by atoms with Gasteiger partial charge in [-0.2, -0.15) is 4.68 Å². The number of nitrogens with two attached hydrogens (primary N) is 1. The van der Waals surface area contributed by atoms with Crippen molar-refractivity contribution in [3.05, 3.63) is 80.8 Å². The Labute approximate surface area is 173 Å². The van der Waals surface area contributed by atoms with Crippen molar-refractivity contribution >= 4 is 23.4 Å². The maximum absolute atomic E-state index is 12.6. The van der Waals surface area contributed by atoms with Crippen molar-refractivity contribution in [2.45, 2.75) is 32.3 Å². The molecule has 0 spiro atoms. The van der Waals surface area contributed by atoms with E-state index in [0.29, 0.717) is 12.1 Å². The fourth-order valence-corrected chi connectivity index (χ4v) is 3.61. The van der Waals surface area contributed by atoms with Gasteiger partial charge in [0, 0.05) is 12.1 Å². The highest BCUT2D eigenvalue weighted by Crippen LogP contribution is 2.15. The topological polar surface area (TPSA) is 103 Å². The van der Waals surface area contributed by atoms with E-state index < -0.39 is 5.56 Å². The Morgan fingerprint density at radius 2 is 1.69 bits per heavy atom. The summed E-state index contributed by atoms with van der Waals surface area (Å²) >= 11 is 1.06. The monoisotopic (exact) mass is 409 g/mol. The van der Waals surface area contributed by atoms with Crippen LogP contribution in [-0.2, 0) is 11.2 Å². The van der Waals surface area contributed by atoms with Crippen LogP contribution in [0, 0.1) is 20.8 Å². The van der Waals surface area contributed by atoms with Crippen LogP contribution in [0.1, 0.15) is 27.9 Å². The molecule has 150 valence electrons. The summed E-state index contributed by atoms with van der Waals surface area (Å²) in [4.78, 5) is 24.7. The van der Waals surface area contributed by atoms with Gasteiger partial charge in [0.25, 0.3) is 5.56 Å². The molecule has 0 unspecified atom stereocenters. The largest absolute Gasteiger partial charge is 0.334 e. The van der Waals surface area contributed by atoms with Crippen LogP contribution in [0.15, 0.2) is 52.4 Å². The van der Waals surface area contributed by atoms with E-state index in [9.17, 15) is 9.59 Å². The number of carbonyl (C=O) groups is 1. The number of amides is 1. The van der Waals surface area contributed by atoms with Gasteiger partial charge in [-0.15, -0.1) is 10.2 Å². The van der Waals surface area contributed by atoms with Gasteiger partial charge in [-0.1, -0.05) is 58.8 Å². The predicted molar refractivity (Wildman–Crippen MR) is 116 cm³/mol. The molecule has 2 aromatic carbocycles. The first kappa shape index (κ1) is 20.6. The second-order valence-electron chi connectivity index (χ2n) is 6.98. The maximum Gasteiger partial charge on any atom is 0.294 e. The standard InChI is InChI=1S/C21H23N5O2S/c1-13-4-6-17(7-5-13)23-19(27)12-29-21-25-24-18(20(28)26(21)22)11-16-9-14(2)8-15(3)10-16/h4-10H,11-12,22H2,1-3H3,(H,23,27). The summed E-state index contributed by atoms with van der Waals surface area (Å²) in [5.74, 6) is 5.75. The number of carbonyl (C=O) groups excluding carboxylic acids is 1. The lowest BCUT2D eigenvalue weighted by Crippen LogP contribution is -2.34. The Balaban J connectivity index is 1.66. The van der Waals surface area contributed by atoms with Crippen LogP contribution in [0.5, 0.6) is 0 Å². The van der Waals surface area contributed by atoms with Crippen molar-refractivity contribution in [2.24, 2.45) is 0 Å². The summed E-state index contributed by atoms with van der Waals surface area (Å²) in [6, 6.07) is 13.6. The molecule has 0 radical (unpaired) electrons. The highest BCUT2D eigenvalue weighted by molar-refractivity contribution is 7.99. The Bertz CT molecular complexity index is 1070. The number of nitrogen functional groups attached to an aromatic ring is 1. The van der Waals surface area contributed by atoms with Gasteiger partial charge in [0.05, 0.1) is 5.75 Å². The second kappa shape index (κ2) is 8.91. The van der Waals surface area contributed by atoms with Gasteiger partial charge in [-0.3, -0.25) is 9.59 Å². The zero-order valence-corrected chi connectivity index (χ0v) is 17.4. The van der Waals surface area contributed by atoms with Gasteiger partial charge in [0.2, 0.25) is 11.1 Å². The lowest BCUT2D eigenvalue weighted by atomic mass is 10.0. The molecule has 3 N–H and O–H groups in total. The molecule has 0 fully saturated rings. The number of aromatic nitrogens is 3. The van der Waals surface area contributed by atoms with E-state index in [-0.39, 0.29) is 22.5 Å². The van der Waals surface area contributed by atoms with Crippen LogP contribution < -0.4 is 16.7 Å². The maximum atomic E-state index is 12.6. The average molecular weight is 410 g/mol. The van der Waals surface area contributed by atoms with Crippen molar-refractivity contribution in [1.82, 2.24) is 14.9 Å². The molecule has 8 heteroatoms. The van der Waals surface area contributed by atoms with Gasteiger partial charge >= 0.3 is 0 Å². The molecule has 0 saturated heterocycles. The van der Waals surface area contributed by atoms with Crippen molar-refractivity contribution in [3.63, 3.8) is 0 Å². The first-order chi connectivity index (χ1) is 13.8. The number of anilines is 1. The van der Waals surface area contributed by atoms with Crippen LogP contribution >= 0.6 is 11.8 Å². The average Bonchev–Trinajstić information content (AvgIpc) is 2.66. The van der Waals surface area contributed by atoms with E-state index in [1.165, 1.54) is 0 Å². The number of rotatable bonds is 6. The first-order valence-corrected chi connectivity index (χ1v) is 10.1. The molecule has 0 saturated carbocycles. The number of hydrogen-bond acceptors (Lipinski definition) is 6. The zero-order chi connectivity index (χ0) is 21.0. The Morgan fingerprint density at radius 1 is 1.03 bits per heavy atom. The molecule has 0 bridgehead atoms. The third-order valence-electron chi connectivity index (χ3n) is 4.25. The van der Waals surface area contributed by atoms with E-state index in [4.69, 9.17) is 5.84 Å². The number of hydrogen-bond donors (Lipinski definition) is 2. The molecule has 0 atom stereocenters. The number of thioether (sulfide) groups is 1. The molecule has 1 aromatic heterocycles. The number of benzene rings is 2. The zero-order valence-electron chi connectivity index (χ0n) is 16.6. The Kier molecular flexibility index (Phi) is 6.33. The second-order valence-corrected chi connectivity index (χ2v) is 7.92. The molecule has 3 rings (SSSR count). The molecule has 0 aliphatic rings. The van der Waals surface area contributed by atoms with E-state index >= 15 is 0 Å². The molecule has 29 heavy (non-hydrogen) atoms. The van der Waals surface area contributed by atoms with Crippen molar-refractivity contribution in [1.29, 1.82) is 0 Å². The van der Waals surface area contributed by atoms with Crippen LogP contribution in [0.4, 0.5) is 5.69 Å². The summed E-state index contributed by atoms with van der Waals surface area (Å²) < 4.78 is 0.953. The number of nitrogens with zero attached hydrogens (tertiary/aromatic N) is 3. The van der Waals surface area contributed by atoms with E-state index in [1.54, 1.807) is 0 Å². The third-order valence-corrected chi connectivity index (χ3v) is 5.19. The number of nitrogens with one attached hydrogen (secondary N) is 1. The third kappa shape index (κ3) is 5.45. The molecular weight excluding hydrogens is 386 g/mol. The molecule has 7 nitrogen and oxygen atoms in total. The summed E-state index contributed by atoms with van der Waals surface area (Å²) in [7, 11) is 0. The minimum absolute atomic E-state index is 0.0651. The molecule has 1 amide bonds. The lowest BCUT2D eigenvalue weighted by Gasteiger charge is -2.09. The van der Waals surface area contributed by atoms with Crippen LogP contribution in [-0.4, -0.2) is 26.5 Å². The first-order valence-electron chi connectivity index (χ1n) is 9.12. The SMILES string of the molecule is Cc1ccc(NC(=O)CSc2nnc(Cc3cc(C)cc(C)c3)c(=O)n2N)cc1. The highest BCUT2D eigenvalue weighted by atomic mass is 32.2. The van der Waals surface area contributed by atoms with E-state index in [2.05, 4.69) is 21.6 Å². The van der Waals surface area contributed by atoms with Gasteiger partial charge in [-0.05, 0) is 38.5 Å². The summed E-state index contributed by atoms with van der Waals surface area (Å²) in [5, 5.41) is 11.1. The van der Waals surface area contributed by atoms with Gasteiger partial charge in [0.1, 0.15) is 5.69 Å². The fraction of sp³-hybridized carbons (Fsp3) is 0.238. The molecule has 0 aliphatic heterocycles. The smallest absolute Gasteiger partial charge is 0.294 e. The number of aryl methyl sites for hydroxylation is 3. The van der Waals surface area contributed by atoms with Crippen LogP contribution in [0.25, 0.3) is 0 Å². The predicted octanol–water partition coefficient (Wildman–Crippen LogP) is 2.60. The van der Waals surface area contributed by atoms with Crippen LogP contribution in [0.3, 0.4) is 0 Å². The van der Waals surface area contributed by atoms with Crippen molar-refractivity contribution in [3.8, 4) is 0 Å². The van der Waals surface area contributed by atoms with Crippen molar-refractivity contribution < 1.29 is 4.79 Å². The summed E-state index contributed by atoms with van der Waals surface area (Å²) in [5.41, 5.74) is 4.89. The Morgan fingerprint density at radius 3 is 2.34 bits per heavy atom. The molecular formula is C21H23N5O2S. The summed E-state index contributed by atoms with van der Waals surface area (Å²) in [6.07, 6.45) is 0.352. The van der Waals surface area contributed by atoms with Crippen molar-refractivity contribution in [2.75, 3.05) is 16.9 Å². The highest BCUT2D eigenvalue weighted by Gasteiger charge is 2.13. The lowest BCUT2D eigenvalue weighted by molar-refractivity contribution is -0.113. The van der Waals surface area contributed by atoms with E-state index in [0.717, 1.165) is 38.7 Å². The quantitative estimate of drug-likeness (QED) is 0.479. The van der Waals surface area contributed by atoms with E-state index in [1.807, 2.05) is 57.2 Å². The van der Waals surface area contributed by atoms with Gasteiger partial charge < -0.3 is 11.2 Å². The minimum Gasteiger partial charge on any atom is -0.334 e. The van der Waals surface area contributed by atoms with Crippen LogP contribution in [0.2, 0.25) is 0 Å². The molecule has 1 heterocycles.